The Morgan fingerprint density at radius 3 is 3.00 bits per heavy atom. The normalized spacial score (nSPS) is 10.3. The minimum atomic E-state index is -0.425. The fourth-order valence-corrected chi connectivity index (χ4v) is 2.44. The Hall–Kier alpha value is -1.24. The first kappa shape index (κ1) is 13.2. The molecule has 0 fully saturated rings. The van der Waals surface area contributed by atoms with Gasteiger partial charge in [-0.05, 0) is 17.7 Å². The van der Waals surface area contributed by atoms with E-state index >= 15 is 0 Å². The van der Waals surface area contributed by atoms with Crippen molar-refractivity contribution in [3.05, 3.63) is 50.4 Å². The predicted octanol–water partition coefficient (Wildman–Crippen LogP) is 2.72. The summed E-state index contributed by atoms with van der Waals surface area (Å²) in [6, 6.07) is 7.60. The van der Waals surface area contributed by atoms with Crippen LogP contribution in [0.2, 0.25) is 0 Å². The smallest absolute Gasteiger partial charge is 0.358 e. The molecule has 18 heavy (non-hydrogen) atoms. The Labute approximate surface area is 117 Å². The van der Waals surface area contributed by atoms with Crippen LogP contribution in [0.1, 0.15) is 21.1 Å². The third-order valence-corrected chi connectivity index (χ3v) is 3.56. The summed E-state index contributed by atoms with van der Waals surface area (Å²) in [6.07, 6.45) is 0. The number of ether oxygens (including phenoxy) is 1. The maximum atomic E-state index is 11.7. The van der Waals surface area contributed by atoms with E-state index in [9.17, 15) is 4.79 Å². The highest BCUT2D eigenvalue weighted by atomic mass is 79.9. The average molecular weight is 327 g/mol. The fraction of sp³-hybridized carbons (Fsp3) is 0.167. The largest absolute Gasteiger partial charge is 0.456 e. The number of rotatable bonds is 4. The first-order chi connectivity index (χ1) is 8.69. The van der Waals surface area contributed by atoms with Crippen molar-refractivity contribution in [2.24, 2.45) is 5.73 Å². The molecule has 1 aromatic carbocycles. The van der Waals surface area contributed by atoms with Crippen LogP contribution in [0.3, 0.4) is 0 Å². The molecule has 6 heteroatoms. The summed E-state index contributed by atoms with van der Waals surface area (Å²) in [4.78, 5) is 15.8. The van der Waals surface area contributed by atoms with Gasteiger partial charge < -0.3 is 10.5 Å². The van der Waals surface area contributed by atoms with E-state index < -0.39 is 5.97 Å². The second kappa shape index (κ2) is 6.08. The molecule has 2 aromatic rings. The number of nitrogens with two attached hydrogens (primary N) is 1. The van der Waals surface area contributed by atoms with Crippen LogP contribution >= 0.6 is 27.3 Å². The summed E-state index contributed by atoms with van der Waals surface area (Å²) in [5.74, 6) is -0.425. The number of benzene rings is 1. The second-order valence-corrected chi connectivity index (χ2v) is 5.39. The van der Waals surface area contributed by atoms with Crippen LogP contribution in [-0.2, 0) is 17.9 Å². The molecule has 0 bridgehead atoms. The number of aromatic nitrogens is 1. The number of thiazole rings is 1. The lowest BCUT2D eigenvalue weighted by Crippen LogP contribution is -2.06. The summed E-state index contributed by atoms with van der Waals surface area (Å²) in [6.45, 7) is 0.567. The topological polar surface area (TPSA) is 65.2 Å². The predicted molar refractivity (Wildman–Crippen MR) is 73.3 cm³/mol. The molecule has 1 heterocycles. The minimum absolute atomic E-state index is 0.230. The third-order valence-electron chi connectivity index (χ3n) is 2.19. The molecule has 2 rings (SSSR count). The van der Waals surface area contributed by atoms with E-state index in [1.165, 1.54) is 11.3 Å². The van der Waals surface area contributed by atoms with E-state index in [2.05, 4.69) is 20.9 Å². The van der Waals surface area contributed by atoms with E-state index in [-0.39, 0.29) is 6.61 Å². The van der Waals surface area contributed by atoms with Crippen LogP contribution in [0.15, 0.2) is 34.1 Å². The number of carbonyl (C=O) groups is 1. The zero-order valence-electron chi connectivity index (χ0n) is 9.43. The van der Waals surface area contributed by atoms with Gasteiger partial charge >= 0.3 is 5.97 Å². The van der Waals surface area contributed by atoms with Crippen molar-refractivity contribution in [2.75, 3.05) is 0 Å². The summed E-state index contributed by atoms with van der Waals surface area (Å²) in [5, 5.41) is 2.38. The van der Waals surface area contributed by atoms with Crippen LogP contribution in [0.25, 0.3) is 0 Å². The first-order valence-electron chi connectivity index (χ1n) is 5.25. The molecule has 0 aliphatic rings. The van der Waals surface area contributed by atoms with Gasteiger partial charge in [0.2, 0.25) is 0 Å². The van der Waals surface area contributed by atoms with Crippen molar-refractivity contribution < 1.29 is 9.53 Å². The maximum absolute atomic E-state index is 11.7. The molecular weight excluding hydrogens is 316 g/mol. The number of hydrogen-bond acceptors (Lipinski definition) is 5. The Kier molecular flexibility index (Phi) is 4.46. The van der Waals surface area contributed by atoms with Crippen LogP contribution in [0.4, 0.5) is 0 Å². The van der Waals surface area contributed by atoms with Crippen molar-refractivity contribution in [3.63, 3.8) is 0 Å². The van der Waals surface area contributed by atoms with Crippen molar-refractivity contribution in [1.29, 1.82) is 0 Å². The SMILES string of the molecule is NCc1nc(C(=O)OCc2cccc(Br)c2)cs1. The molecule has 0 atom stereocenters. The van der Waals surface area contributed by atoms with E-state index in [0.29, 0.717) is 12.2 Å². The van der Waals surface area contributed by atoms with Gasteiger partial charge in [0.05, 0.1) is 0 Å². The molecule has 0 unspecified atom stereocenters. The van der Waals surface area contributed by atoms with Crippen molar-refractivity contribution in [1.82, 2.24) is 4.98 Å². The summed E-state index contributed by atoms with van der Waals surface area (Å²) >= 11 is 4.72. The van der Waals surface area contributed by atoms with Gasteiger partial charge in [-0.25, -0.2) is 9.78 Å². The molecular formula is C12H11BrN2O2S. The zero-order chi connectivity index (χ0) is 13.0. The highest BCUT2D eigenvalue weighted by Gasteiger charge is 2.11. The van der Waals surface area contributed by atoms with Crippen LogP contribution in [0, 0.1) is 0 Å². The minimum Gasteiger partial charge on any atom is -0.456 e. The lowest BCUT2D eigenvalue weighted by Gasteiger charge is -2.03. The van der Waals surface area contributed by atoms with E-state index in [4.69, 9.17) is 10.5 Å². The molecule has 0 amide bonds. The van der Waals surface area contributed by atoms with Crippen LogP contribution in [0.5, 0.6) is 0 Å². The second-order valence-electron chi connectivity index (χ2n) is 3.54. The number of carbonyl (C=O) groups excluding carboxylic acids is 1. The molecule has 0 spiro atoms. The molecule has 1 aromatic heterocycles. The van der Waals surface area contributed by atoms with Gasteiger partial charge in [0, 0.05) is 16.4 Å². The average Bonchev–Trinajstić information content (AvgIpc) is 2.85. The van der Waals surface area contributed by atoms with E-state index in [1.54, 1.807) is 5.38 Å². The van der Waals surface area contributed by atoms with Crippen molar-refractivity contribution >= 4 is 33.2 Å². The molecule has 0 saturated heterocycles. The molecule has 0 aliphatic heterocycles. The molecule has 0 radical (unpaired) electrons. The van der Waals surface area contributed by atoms with Crippen LogP contribution < -0.4 is 5.73 Å². The number of nitrogens with zero attached hydrogens (tertiary/aromatic N) is 1. The van der Waals surface area contributed by atoms with Crippen molar-refractivity contribution in [3.8, 4) is 0 Å². The highest BCUT2D eigenvalue weighted by molar-refractivity contribution is 9.10. The Morgan fingerprint density at radius 2 is 2.33 bits per heavy atom. The van der Waals surface area contributed by atoms with E-state index in [0.717, 1.165) is 15.0 Å². The molecule has 94 valence electrons. The Morgan fingerprint density at radius 1 is 1.50 bits per heavy atom. The summed E-state index contributed by atoms with van der Waals surface area (Å²) < 4.78 is 6.12. The fourth-order valence-electron chi connectivity index (χ4n) is 1.35. The van der Waals surface area contributed by atoms with Gasteiger partial charge in [-0.2, -0.15) is 0 Å². The van der Waals surface area contributed by atoms with Gasteiger partial charge in [0.1, 0.15) is 11.6 Å². The first-order valence-corrected chi connectivity index (χ1v) is 6.92. The zero-order valence-corrected chi connectivity index (χ0v) is 11.8. The lowest BCUT2D eigenvalue weighted by atomic mass is 10.2. The molecule has 4 nitrogen and oxygen atoms in total. The van der Waals surface area contributed by atoms with Gasteiger partial charge in [-0.1, -0.05) is 28.1 Å². The highest BCUT2D eigenvalue weighted by Crippen LogP contribution is 2.14. The van der Waals surface area contributed by atoms with E-state index in [1.807, 2.05) is 24.3 Å². The number of halogens is 1. The standard InChI is InChI=1S/C12H11BrN2O2S/c13-9-3-1-2-8(4-9)6-17-12(16)10-7-18-11(5-14)15-10/h1-4,7H,5-6,14H2. The molecule has 0 saturated carbocycles. The lowest BCUT2D eigenvalue weighted by molar-refractivity contribution is 0.0466. The Balaban J connectivity index is 1.96. The quantitative estimate of drug-likeness (QED) is 0.877. The number of hydrogen-bond donors (Lipinski definition) is 1. The van der Waals surface area contributed by atoms with Crippen LogP contribution in [-0.4, -0.2) is 11.0 Å². The molecule has 0 aliphatic carbocycles. The maximum Gasteiger partial charge on any atom is 0.358 e. The van der Waals surface area contributed by atoms with Gasteiger partial charge in [-0.3, -0.25) is 0 Å². The number of esters is 1. The van der Waals surface area contributed by atoms with Gasteiger partial charge in [0.25, 0.3) is 0 Å². The summed E-state index contributed by atoms with van der Waals surface area (Å²) in [7, 11) is 0. The summed E-state index contributed by atoms with van der Waals surface area (Å²) in [5.41, 5.74) is 6.67. The third kappa shape index (κ3) is 3.38. The van der Waals surface area contributed by atoms with Crippen molar-refractivity contribution in [2.45, 2.75) is 13.2 Å². The monoisotopic (exact) mass is 326 g/mol. The van der Waals surface area contributed by atoms with Gasteiger partial charge in [-0.15, -0.1) is 11.3 Å². The molecule has 2 N–H and O–H groups in total. The van der Waals surface area contributed by atoms with Gasteiger partial charge in [0.15, 0.2) is 5.69 Å². The Bertz CT molecular complexity index is 557.